The summed E-state index contributed by atoms with van der Waals surface area (Å²) in [5.74, 6) is -0.634. The lowest BCUT2D eigenvalue weighted by molar-refractivity contribution is -0.143. The van der Waals surface area contributed by atoms with Crippen LogP contribution in [0.15, 0.2) is 0 Å². The van der Waals surface area contributed by atoms with Gasteiger partial charge in [0.1, 0.15) is 6.04 Å². The first-order valence-electron chi connectivity index (χ1n) is 7.13. The highest BCUT2D eigenvalue weighted by molar-refractivity contribution is 5.73. The van der Waals surface area contributed by atoms with Gasteiger partial charge in [-0.3, -0.25) is 14.6 Å². The molecule has 2 heterocycles. The first kappa shape index (κ1) is 13.8. The number of carboxylic acid groups (broad SMARTS) is 1. The van der Waals surface area contributed by atoms with Gasteiger partial charge in [0.15, 0.2) is 0 Å². The molecule has 1 N–H and O–H groups in total. The zero-order chi connectivity index (χ0) is 13.3. The molecule has 104 valence electrons. The normalized spacial score (nSPS) is 28.7. The van der Waals surface area contributed by atoms with Gasteiger partial charge in [0.2, 0.25) is 0 Å². The number of aliphatic carboxylic acids is 1. The van der Waals surface area contributed by atoms with E-state index >= 15 is 0 Å². The van der Waals surface area contributed by atoms with Gasteiger partial charge in [0.05, 0.1) is 0 Å². The van der Waals surface area contributed by atoms with Gasteiger partial charge in [-0.05, 0) is 53.0 Å². The first-order valence-corrected chi connectivity index (χ1v) is 7.13. The second-order valence-corrected chi connectivity index (χ2v) is 6.62. The number of piperidine rings is 1. The van der Waals surface area contributed by atoms with Crippen LogP contribution >= 0.6 is 0 Å². The standard InChI is InChI=1S/C14H26N2O2/c1-14(2,3)15-9-6-11(7-10-15)16-8-4-5-12(16)13(17)18/h11-12H,4-10H2,1-3H3,(H,17,18). The third-order valence-electron chi connectivity index (χ3n) is 4.46. The Morgan fingerprint density at radius 3 is 2.22 bits per heavy atom. The number of hydrogen-bond acceptors (Lipinski definition) is 3. The van der Waals surface area contributed by atoms with Gasteiger partial charge in [0.25, 0.3) is 0 Å². The molecule has 2 fully saturated rings. The molecule has 18 heavy (non-hydrogen) atoms. The van der Waals surface area contributed by atoms with Crippen LogP contribution in [0.4, 0.5) is 0 Å². The minimum Gasteiger partial charge on any atom is -0.480 e. The van der Waals surface area contributed by atoms with E-state index in [1.165, 1.54) is 0 Å². The molecule has 0 spiro atoms. The molecule has 4 nitrogen and oxygen atoms in total. The number of nitrogens with zero attached hydrogens (tertiary/aromatic N) is 2. The SMILES string of the molecule is CC(C)(C)N1CCC(N2CCCC2C(=O)O)CC1. The average Bonchev–Trinajstić information content (AvgIpc) is 2.77. The van der Waals surface area contributed by atoms with Crippen molar-refractivity contribution in [3.8, 4) is 0 Å². The Morgan fingerprint density at radius 1 is 1.11 bits per heavy atom. The summed E-state index contributed by atoms with van der Waals surface area (Å²) < 4.78 is 0. The van der Waals surface area contributed by atoms with Gasteiger partial charge >= 0.3 is 5.97 Å². The second kappa shape index (κ2) is 5.17. The summed E-state index contributed by atoms with van der Waals surface area (Å²) >= 11 is 0. The van der Waals surface area contributed by atoms with Gasteiger partial charge in [-0.25, -0.2) is 0 Å². The number of rotatable bonds is 2. The monoisotopic (exact) mass is 254 g/mol. The van der Waals surface area contributed by atoms with E-state index in [0.717, 1.165) is 45.3 Å². The summed E-state index contributed by atoms with van der Waals surface area (Å²) in [6, 6.07) is 0.253. The topological polar surface area (TPSA) is 43.8 Å². The molecule has 0 aliphatic carbocycles. The molecule has 1 atom stereocenters. The van der Waals surface area contributed by atoms with Crippen LogP contribution in [0, 0.1) is 0 Å². The Labute approximate surface area is 110 Å². The van der Waals surface area contributed by atoms with E-state index in [0.29, 0.717) is 6.04 Å². The Balaban J connectivity index is 1.91. The van der Waals surface area contributed by atoms with Gasteiger partial charge in [-0.1, -0.05) is 0 Å². The molecule has 2 saturated heterocycles. The van der Waals surface area contributed by atoms with Crippen LogP contribution in [0.3, 0.4) is 0 Å². The van der Waals surface area contributed by atoms with Crippen LogP contribution < -0.4 is 0 Å². The molecule has 0 aromatic heterocycles. The number of carboxylic acids is 1. The van der Waals surface area contributed by atoms with E-state index in [-0.39, 0.29) is 11.6 Å². The van der Waals surface area contributed by atoms with Crippen molar-refractivity contribution in [3.63, 3.8) is 0 Å². The smallest absolute Gasteiger partial charge is 0.320 e. The van der Waals surface area contributed by atoms with Crippen molar-refractivity contribution in [2.24, 2.45) is 0 Å². The van der Waals surface area contributed by atoms with Gasteiger partial charge in [0, 0.05) is 24.7 Å². The van der Waals surface area contributed by atoms with Gasteiger partial charge < -0.3 is 5.11 Å². The van der Waals surface area contributed by atoms with E-state index in [1.807, 2.05) is 0 Å². The summed E-state index contributed by atoms with van der Waals surface area (Å²) in [6.07, 6.45) is 4.09. The second-order valence-electron chi connectivity index (χ2n) is 6.62. The van der Waals surface area contributed by atoms with Crippen molar-refractivity contribution in [3.05, 3.63) is 0 Å². The van der Waals surface area contributed by atoms with Crippen molar-refractivity contribution in [2.45, 2.75) is 64.1 Å². The Morgan fingerprint density at radius 2 is 1.72 bits per heavy atom. The molecular formula is C14H26N2O2. The maximum Gasteiger partial charge on any atom is 0.320 e. The van der Waals surface area contributed by atoms with Crippen LogP contribution in [0.5, 0.6) is 0 Å². The zero-order valence-electron chi connectivity index (χ0n) is 11.9. The van der Waals surface area contributed by atoms with Crippen LogP contribution in [0.1, 0.15) is 46.5 Å². The fourth-order valence-electron chi connectivity index (χ4n) is 3.36. The summed E-state index contributed by atoms with van der Waals surface area (Å²) in [6.45, 7) is 9.92. The number of carbonyl (C=O) groups is 1. The molecule has 1 unspecified atom stereocenters. The van der Waals surface area contributed by atoms with Crippen LogP contribution in [-0.2, 0) is 4.79 Å². The minimum atomic E-state index is -0.634. The summed E-state index contributed by atoms with van der Waals surface area (Å²) in [5, 5.41) is 9.24. The van der Waals surface area contributed by atoms with Crippen molar-refractivity contribution in [1.29, 1.82) is 0 Å². The van der Waals surface area contributed by atoms with E-state index in [2.05, 4.69) is 30.6 Å². The molecule has 2 aliphatic rings. The van der Waals surface area contributed by atoms with E-state index in [1.54, 1.807) is 0 Å². The third kappa shape index (κ3) is 2.86. The highest BCUT2D eigenvalue weighted by Crippen LogP contribution is 2.28. The van der Waals surface area contributed by atoms with E-state index in [9.17, 15) is 9.90 Å². The Kier molecular flexibility index (Phi) is 3.97. The lowest BCUT2D eigenvalue weighted by Gasteiger charge is -2.43. The van der Waals surface area contributed by atoms with Gasteiger partial charge in [-0.2, -0.15) is 0 Å². The molecule has 2 rings (SSSR count). The largest absolute Gasteiger partial charge is 0.480 e. The van der Waals surface area contributed by atoms with Crippen LogP contribution in [-0.4, -0.2) is 58.1 Å². The summed E-state index contributed by atoms with van der Waals surface area (Å²) in [7, 11) is 0. The molecule has 0 saturated carbocycles. The van der Waals surface area contributed by atoms with E-state index < -0.39 is 5.97 Å². The predicted molar refractivity (Wildman–Crippen MR) is 71.7 cm³/mol. The highest BCUT2D eigenvalue weighted by Gasteiger charge is 2.37. The Hall–Kier alpha value is -0.610. The van der Waals surface area contributed by atoms with E-state index in [4.69, 9.17) is 0 Å². The molecule has 0 radical (unpaired) electrons. The van der Waals surface area contributed by atoms with Gasteiger partial charge in [-0.15, -0.1) is 0 Å². The van der Waals surface area contributed by atoms with Crippen LogP contribution in [0.25, 0.3) is 0 Å². The summed E-state index contributed by atoms with van der Waals surface area (Å²) in [5.41, 5.74) is 0.238. The van der Waals surface area contributed by atoms with Crippen LogP contribution in [0.2, 0.25) is 0 Å². The number of likely N-dealkylation sites (tertiary alicyclic amines) is 2. The quantitative estimate of drug-likeness (QED) is 0.816. The minimum absolute atomic E-state index is 0.226. The molecule has 4 heteroatoms. The van der Waals surface area contributed by atoms with Crippen molar-refractivity contribution in [1.82, 2.24) is 9.80 Å². The first-order chi connectivity index (χ1) is 8.39. The lowest BCUT2D eigenvalue weighted by Crippen LogP contribution is -2.52. The molecule has 0 aromatic carbocycles. The fraction of sp³-hybridized carbons (Fsp3) is 0.929. The zero-order valence-corrected chi connectivity index (χ0v) is 11.9. The average molecular weight is 254 g/mol. The molecular weight excluding hydrogens is 228 g/mol. The molecule has 0 amide bonds. The van der Waals surface area contributed by atoms with Crippen molar-refractivity contribution >= 4 is 5.97 Å². The molecule has 2 aliphatic heterocycles. The summed E-state index contributed by atoms with van der Waals surface area (Å²) in [4.78, 5) is 16.0. The maximum absolute atomic E-state index is 11.2. The van der Waals surface area contributed by atoms with Crippen molar-refractivity contribution < 1.29 is 9.90 Å². The fourth-order valence-corrected chi connectivity index (χ4v) is 3.36. The molecule has 0 bridgehead atoms. The highest BCUT2D eigenvalue weighted by atomic mass is 16.4. The molecule has 0 aromatic rings. The maximum atomic E-state index is 11.2. The lowest BCUT2D eigenvalue weighted by atomic mass is 9.96. The Bertz CT molecular complexity index is 303. The number of hydrogen-bond donors (Lipinski definition) is 1. The third-order valence-corrected chi connectivity index (χ3v) is 4.46. The predicted octanol–water partition coefficient (Wildman–Crippen LogP) is 1.80. The van der Waals surface area contributed by atoms with Crippen molar-refractivity contribution in [2.75, 3.05) is 19.6 Å².